The van der Waals surface area contributed by atoms with E-state index in [1.807, 2.05) is 50.2 Å². The molecule has 2 aromatic carbocycles. The molecule has 0 heterocycles. The lowest BCUT2D eigenvalue weighted by molar-refractivity contribution is 0.0346. The van der Waals surface area contributed by atoms with Crippen molar-refractivity contribution in [2.24, 2.45) is 0 Å². The number of benzene rings is 2. The first-order valence-electron chi connectivity index (χ1n) is 11.6. The molecular formula is C27H37Br2N3O5. The average molecular weight is 643 g/mol. The highest BCUT2D eigenvalue weighted by molar-refractivity contribution is 9.10. The van der Waals surface area contributed by atoms with Crippen LogP contribution in [-0.2, 0) is 22.6 Å². The molecule has 0 atom stereocenters. The van der Waals surface area contributed by atoms with Gasteiger partial charge in [-0.05, 0) is 89.8 Å². The van der Waals surface area contributed by atoms with E-state index in [1.54, 1.807) is 41.5 Å². The van der Waals surface area contributed by atoms with Crippen LogP contribution in [0.5, 0.6) is 0 Å². The van der Waals surface area contributed by atoms with E-state index in [0.29, 0.717) is 0 Å². The second-order valence-corrected chi connectivity index (χ2v) is 12.1. The molecule has 0 aliphatic carbocycles. The molecule has 37 heavy (non-hydrogen) atoms. The fraction of sp³-hybridized carbons (Fsp3) is 0.444. The molecule has 0 saturated heterocycles. The van der Waals surface area contributed by atoms with Crippen LogP contribution >= 0.6 is 31.9 Å². The van der Waals surface area contributed by atoms with E-state index in [-0.39, 0.29) is 13.2 Å². The zero-order valence-corrected chi connectivity index (χ0v) is 25.8. The van der Waals surface area contributed by atoms with Gasteiger partial charge in [-0.3, -0.25) is 10.7 Å². The normalized spacial score (nSPS) is 11.1. The largest absolute Gasteiger partial charge is 0.444 e. The van der Waals surface area contributed by atoms with Crippen molar-refractivity contribution >= 4 is 50.0 Å². The maximum atomic E-state index is 12.6. The Balaban J connectivity index is 0.000000568. The average Bonchev–Trinajstić information content (AvgIpc) is 2.74. The number of carbonyl (C=O) groups excluding carboxylic acids is 2. The van der Waals surface area contributed by atoms with E-state index < -0.39 is 29.3 Å². The SMILES string of the molecule is Cc1ccc(CN(C(=N)NC(=O)OC(C)(C)C)C(=O)OC(C)(C)C)cc1Br.Cc1ccc(CO)cc1Br. The lowest BCUT2D eigenvalue weighted by Gasteiger charge is -2.28. The minimum absolute atomic E-state index is 0.0580. The topological polar surface area (TPSA) is 112 Å². The van der Waals surface area contributed by atoms with E-state index in [4.69, 9.17) is 20.0 Å². The van der Waals surface area contributed by atoms with Gasteiger partial charge in [-0.1, -0.05) is 56.1 Å². The molecule has 3 N–H and O–H groups in total. The number of nitrogens with one attached hydrogen (secondary N) is 2. The molecular weight excluding hydrogens is 606 g/mol. The molecule has 204 valence electrons. The zero-order chi connectivity index (χ0) is 28.6. The molecule has 0 spiro atoms. The lowest BCUT2D eigenvalue weighted by atomic mass is 10.1. The van der Waals surface area contributed by atoms with E-state index in [2.05, 4.69) is 37.2 Å². The van der Waals surface area contributed by atoms with Gasteiger partial charge in [0.1, 0.15) is 11.2 Å². The first-order valence-corrected chi connectivity index (χ1v) is 13.2. The van der Waals surface area contributed by atoms with Crippen molar-refractivity contribution in [3.63, 3.8) is 0 Å². The van der Waals surface area contributed by atoms with Gasteiger partial charge < -0.3 is 14.6 Å². The lowest BCUT2D eigenvalue weighted by Crippen LogP contribution is -2.49. The molecule has 2 aromatic rings. The van der Waals surface area contributed by atoms with Gasteiger partial charge in [-0.2, -0.15) is 0 Å². The van der Waals surface area contributed by atoms with Gasteiger partial charge in [-0.25, -0.2) is 14.5 Å². The first-order chi connectivity index (χ1) is 16.9. The smallest absolute Gasteiger partial charge is 0.417 e. The van der Waals surface area contributed by atoms with E-state index >= 15 is 0 Å². The van der Waals surface area contributed by atoms with Gasteiger partial charge in [-0.15, -0.1) is 0 Å². The standard InChI is InChI=1S/C19H28BrN3O4.C8H9BrO/c1-12-8-9-13(10-14(12)20)11-23(17(25)27-19(5,6)7)15(21)22-16(24)26-18(2,3)4;1-6-2-3-7(5-10)4-8(6)9/h8-10H,11H2,1-7H3,(H2,21,22,24);2-4,10H,5H2,1H3. The van der Waals surface area contributed by atoms with Crippen molar-refractivity contribution in [3.8, 4) is 0 Å². The summed E-state index contributed by atoms with van der Waals surface area (Å²) < 4.78 is 12.5. The number of aryl methyl sites for hydroxylation is 2. The number of hydrogen-bond acceptors (Lipinski definition) is 6. The molecule has 2 rings (SSSR count). The number of amides is 2. The third-order valence-electron chi connectivity index (χ3n) is 4.50. The van der Waals surface area contributed by atoms with Crippen LogP contribution in [0.2, 0.25) is 0 Å². The number of guanidine groups is 1. The van der Waals surface area contributed by atoms with Gasteiger partial charge in [0.15, 0.2) is 0 Å². The van der Waals surface area contributed by atoms with Crippen LogP contribution in [0.3, 0.4) is 0 Å². The van der Waals surface area contributed by atoms with Crippen LogP contribution in [0.25, 0.3) is 0 Å². The first kappa shape index (κ1) is 32.6. The number of aliphatic hydroxyl groups excluding tert-OH is 1. The van der Waals surface area contributed by atoms with E-state index in [1.165, 1.54) is 5.56 Å². The fourth-order valence-electron chi connectivity index (χ4n) is 2.67. The second kappa shape index (κ2) is 13.9. The van der Waals surface area contributed by atoms with Crippen LogP contribution in [0.15, 0.2) is 45.3 Å². The number of hydrogen-bond donors (Lipinski definition) is 3. The van der Waals surface area contributed by atoms with Gasteiger partial charge >= 0.3 is 12.2 Å². The summed E-state index contributed by atoms with van der Waals surface area (Å²) in [5.41, 5.74) is 2.49. The van der Waals surface area contributed by atoms with E-state index in [9.17, 15) is 9.59 Å². The number of aliphatic hydroxyl groups is 1. The summed E-state index contributed by atoms with van der Waals surface area (Å²) >= 11 is 6.83. The summed E-state index contributed by atoms with van der Waals surface area (Å²) in [5.74, 6) is -0.421. The van der Waals surface area contributed by atoms with Gasteiger partial charge in [0.2, 0.25) is 5.96 Å². The van der Waals surface area contributed by atoms with E-state index in [0.717, 1.165) is 30.5 Å². The monoisotopic (exact) mass is 641 g/mol. The Morgan fingerprint density at radius 1 is 0.892 bits per heavy atom. The second-order valence-electron chi connectivity index (χ2n) is 10.4. The minimum atomic E-state index is -0.814. The molecule has 0 bridgehead atoms. The minimum Gasteiger partial charge on any atom is -0.444 e. The maximum absolute atomic E-state index is 12.6. The van der Waals surface area contributed by atoms with Crippen LogP contribution in [-0.4, -0.2) is 39.4 Å². The molecule has 0 radical (unpaired) electrons. The maximum Gasteiger partial charge on any atom is 0.417 e. The Kier molecular flexibility index (Phi) is 12.3. The summed E-state index contributed by atoms with van der Waals surface area (Å²) in [6.07, 6.45) is -1.55. The summed E-state index contributed by atoms with van der Waals surface area (Å²) in [6.45, 7) is 14.5. The predicted octanol–water partition coefficient (Wildman–Crippen LogP) is 7.20. The Morgan fingerprint density at radius 2 is 1.35 bits per heavy atom. The third-order valence-corrected chi connectivity index (χ3v) is 6.21. The highest BCUT2D eigenvalue weighted by atomic mass is 79.9. The number of halogens is 2. The zero-order valence-electron chi connectivity index (χ0n) is 22.7. The van der Waals surface area contributed by atoms with Gasteiger partial charge in [0, 0.05) is 8.95 Å². The molecule has 0 saturated carbocycles. The van der Waals surface area contributed by atoms with Crippen LogP contribution in [0, 0.1) is 19.3 Å². The molecule has 0 unspecified atom stereocenters. The highest BCUT2D eigenvalue weighted by Crippen LogP contribution is 2.20. The molecule has 0 aliphatic rings. The number of alkyl carbamates (subject to hydrolysis) is 1. The van der Waals surface area contributed by atoms with Crippen molar-refractivity contribution in [1.82, 2.24) is 10.2 Å². The molecule has 0 aromatic heterocycles. The summed E-state index contributed by atoms with van der Waals surface area (Å²) in [4.78, 5) is 25.6. The van der Waals surface area contributed by atoms with Crippen molar-refractivity contribution in [2.45, 2.75) is 79.7 Å². The summed E-state index contributed by atoms with van der Waals surface area (Å²) in [5, 5.41) is 19.2. The number of carbonyl (C=O) groups is 2. The van der Waals surface area contributed by atoms with Gasteiger partial charge in [0.25, 0.3) is 0 Å². The Labute approximate surface area is 236 Å². The quantitative estimate of drug-likeness (QED) is 0.242. The third kappa shape index (κ3) is 12.6. The number of rotatable bonds is 3. The van der Waals surface area contributed by atoms with Crippen molar-refractivity contribution in [3.05, 3.63) is 67.6 Å². The van der Waals surface area contributed by atoms with Crippen LogP contribution in [0.1, 0.15) is 63.8 Å². The summed E-state index contributed by atoms with van der Waals surface area (Å²) in [7, 11) is 0. The highest BCUT2D eigenvalue weighted by Gasteiger charge is 2.28. The van der Waals surface area contributed by atoms with Crippen molar-refractivity contribution < 1.29 is 24.2 Å². The summed E-state index contributed by atoms with van der Waals surface area (Å²) in [6, 6.07) is 11.4. The van der Waals surface area contributed by atoms with Crippen molar-refractivity contribution in [1.29, 1.82) is 5.41 Å². The molecule has 10 heteroatoms. The molecule has 0 aliphatic heterocycles. The Bertz CT molecular complexity index is 1110. The fourth-order valence-corrected chi connectivity index (χ4v) is 3.52. The molecule has 0 fully saturated rings. The molecule has 2 amide bonds. The number of ether oxygens (including phenoxy) is 2. The van der Waals surface area contributed by atoms with Crippen LogP contribution < -0.4 is 5.32 Å². The van der Waals surface area contributed by atoms with Crippen LogP contribution in [0.4, 0.5) is 9.59 Å². The van der Waals surface area contributed by atoms with Crippen molar-refractivity contribution in [2.75, 3.05) is 0 Å². The van der Waals surface area contributed by atoms with Gasteiger partial charge in [0.05, 0.1) is 13.2 Å². The predicted molar refractivity (Wildman–Crippen MR) is 153 cm³/mol. The Morgan fingerprint density at radius 3 is 1.78 bits per heavy atom. The Hall–Kier alpha value is -2.43. The number of nitrogens with zero attached hydrogens (tertiary/aromatic N) is 1. The molecule has 8 nitrogen and oxygen atoms in total.